The Hall–Kier alpha value is -3.16. The molecule has 4 fully saturated rings. The highest BCUT2D eigenvalue weighted by Crippen LogP contribution is 2.75. The lowest BCUT2D eigenvalue weighted by Gasteiger charge is -2.70. The van der Waals surface area contributed by atoms with Gasteiger partial charge in [0.05, 0.1) is 0 Å². The molecule has 8 heteroatoms. The summed E-state index contributed by atoms with van der Waals surface area (Å²) in [5.41, 5.74) is -2.87. The van der Waals surface area contributed by atoms with Crippen LogP contribution in [-0.2, 0) is 19.2 Å². The van der Waals surface area contributed by atoms with Crippen molar-refractivity contribution in [2.45, 2.75) is 32.1 Å². The summed E-state index contributed by atoms with van der Waals surface area (Å²) in [6.45, 7) is 0. The minimum atomic E-state index is -1.22. The van der Waals surface area contributed by atoms with Gasteiger partial charge >= 0.3 is 23.9 Å². The lowest BCUT2D eigenvalue weighted by atomic mass is 9.33. The average molecular weight is 416 g/mol. The van der Waals surface area contributed by atoms with Gasteiger partial charge in [-0.3, -0.25) is 0 Å². The van der Waals surface area contributed by atoms with Crippen molar-refractivity contribution in [2.75, 3.05) is 0 Å². The monoisotopic (exact) mass is 416 g/mol. The zero-order valence-corrected chi connectivity index (χ0v) is 16.2. The molecule has 0 unspecified atom stereocenters. The molecule has 30 heavy (non-hydrogen) atoms. The number of carboxylic acid groups (broad SMARTS) is 4. The van der Waals surface area contributed by atoms with Gasteiger partial charge in [-0.2, -0.15) is 0 Å². The van der Waals surface area contributed by atoms with Crippen molar-refractivity contribution in [3.8, 4) is 0 Å². The third-order valence-electron chi connectivity index (χ3n) is 6.99. The van der Waals surface area contributed by atoms with Crippen LogP contribution in [0, 0.1) is 28.1 Å². The lowest BCUT2D eigenvalue weighted by Crippen LogP contribution is -2.63. The molecule has 4 bridgehead atoms. The van der Waals surface area contributed by atoms with Gasteiger partial charge < -0.3 is 20.4 Å². The summed E-state index contributed by atoms with van der Waals surface area (Å²) >= 11 is 0. The molecule has 0 atom stereocenters. The molecule has 0 aromatic heterocycles. The summed E-state index contributed by atoms with van der Waals surface area (Å²) in [5.74, 6) is -4.33. The number of hydrogen-bond acceptors (Lipinski definition) is 4. The van der Waals surface area contributed by atoms with Gasteiger partial charge in [-0.05, 0) is 43.9 Å². The normalized spacial score (nSPS) is 37.6. The van der Waals surface area contributed by atoms with Crippen LogP contribution in [0.15, 0.2) is 48.6 Å². The van der Waals surface area contributed by atoms with Crippen LogP contribution >= 0.6 is 0 Å². The number of carbonyl (C=O) groups is 4. The highest BCUT2D eigenvalue weighted by Gasteiger charge is 2.68. The predicted molar refractivity (Wildman–Crippen MR) is 104 cm³/mol. The highest BCUT2D eigenvalue weighted by atomic mass is 16.4. The van der Waals surface area contributed by atoms with Gasteiger partial charge in [0.2, 0.25) is 0 Å². The quantitative estimate of drug-likeness (QED) is 0.441. The number of rotatable bonds is 8. The topological polar surface area (TPSA) is 149 Å². The van der Waals surface area contributed by atoms with Crippen molar-refractivity contribution < 1.29 is 39.6 Å². The maximum absolute atomic E-state index is 11.4. The number of allylic oxidation sites excluding steroid dienone is 4. The van der Waals surface area contributed by atoms with Crippen LogP contribution in [0.25, 0.3) is 0 Å². The second kappa shape index (κ2) is 7.59. The van der Waals surface area contributed by atoms with Crippen molar-refractivity contribution in [3.63, 3.8) is 0 Å². The molecule has 4 aliphatic rings. The Morgan fingerprint density at radius 2 is 0.867 bits per heavy atom. The maximum Gasteiger partial charge on any atom is 0.328 e. The van der Waals surface area contributed by atoms with E-state index in [1.54, 1.807) is 12.2 Å². The fourth-order valence-electron chi connectivity index (χ4n) is 6.48. The highest BCUT2D eigenvalue weighted by molar-refractivity contribution is 5.83. The number of carboxylic acids is 4. The second-order valence-electron chi connectivity index (χ2n) is 8.65. The summed E-state index contributed by atoms with van der Waals surface area (Å²) in [5, 5.41) is 37.1. The molecule has 4 saturated carbocycles. The van der Waals surface area contributed by atoms with E-state index < -0.39 is 40.1 Å². The maximum atomic E-state index is 11.4. The lowest BCUT2D eigenvalue weighted by molar-refractivity contribution is -0.145. The van der Waals surface area contributed by atoms with Crippen LogP contribution in [0.1, 0.15) is 32.1 Å². The van der Waals surface area contributed by atoms with Crippen molar-refractivity contribution in [3.05, 3.63) is 48.6 Å². The largest absolute Gasteiger partial charge is 0.478 e. The molecule has 0 amide bonds. The molecule has 0 aliphatic heterocycles. The molecule has 160 valence electrons. The Bertz CT molecular complexity index is 807. The number of hydrogen-bond donors (Lipinski definition) is 4. The van der Waals surface area contributed by atoms with Gasteiger partial charge in [0.1, 0.15) is 0 Å². The average Bonchev–Trinajstić information content (AvgIpc) is 2.63. The Morgan fingerprint density at radius 3 is 1.17 bits per heavy atom. The third kappa shape index (κ3) is 3.58. The van der Waals surface area contributed by atoms with E-state index in [1.165, 1.54) is 12.2 Å². The molecular formula is C22H24O8. The van der Waals surface area contributed by atoms with E-state index in [0.29, 0.717) is 25.7 Å². The molecule has 4 aliphatic carbocycles. The van der Waals surface area contributed by atoms with Crippen LogP contribution in [0.5, 0.6) is 0 Å². The van der Waals surface area contributed by atoms with Crippen LogP contribution in [0.2, 0.25) is 0 Å². The first-order valence-corrected chi connectivity index (χ1v) is 9.72. The summed E-state index contributed by atoms with van der Waals surface area (Å²) in [4.78, 5) is 45.5. The molecule has 4 N–H and O–H groups in total. The number of aliphatic carboxylic acids is 4. The zero-order valence-electron chi connectivity index (χ0n) is 16.2. The predicted octanol–water partition coefficient (Wildman–Crippen LogP) is 2.73. The Balaban J connectivity index is 2.33. The summed E-state index contributed by atoms with van der Waals surface area (Å²) in [6, 6.07) is 0. The van der Waals surface area contributed by atoms with Gasteiger partial charge in [0.25, 0.3) is 0 Å². The summed E-state index contributed by atoms with van der Waals surface area (Å²) in [7, 11) is 0. The molecular weight excluding hydrogens is 392 g/mol. The van der Waals surface area contributed by atoms with Gasteiger partial charge in [-0.15, -0.1) is 0 Å². The van der Waals surface area contributed by atoms with Crippen LogP contribution in [0.4, 0.5) is 0 Å². The minimum absolute atomic E-state index is 0.207. The molecule has 0 aromatic rings. The Kier molecular flexibility index (Phi) is 5.45. The first kappa shape index (κ1) is 21.5. The first-order valence-electron chi connectivity index (χ1n) is 9.72. The molecule has 0 radical (unpaired) electrons. The fraction of sp³-hybridized carbons (Fsp3) is 0.455. The zero-order chi connectivity index (χ0) is 22.2. The molecule has 4 rings (SSSR count). The van der Waals surface area contributed by atoms with Gasteiger partial charge in [0.15, 0.2) is 0 Å². The summed E-state index contributed by atoms with van der Waals surface area (Å²) in [6.07, 6.45) is 13.2. The smallest absolute Gasteiger partial charge is 0.328 e. The standard InChI is InChI=1S/C22H24O8/c23-16(24)1-5-20-10-14-9-15(11-20)13-21(12-14,6-2-17(25)26)22(20,7-3-18(27)28)8-4-19(29)30/h1-8,14-15H,9-13H2,(H,23,24)(H,25,26)(H,27,28)(H,29,30). The first-order chi connectivity index (χ1) is 14.0. The molecule has 0 aromatic carbocycles. The Morgan fingerprint density at radius 1 is 0.567 bits per heavy atom. The molecule has 0 saturated heterocycles. The second-order valence-corrected chi connectivity index (χ2v) is 8.65. The molecule has 8 nitrogen and oxygen atoms in total. The van der Waals surface area contributed by atoms with Gasteiger partial charge in [-0.1, -0.05) is 24.3 Å². The van der Waals surface area contributed by atoms with E-state index in [4.69, 9.17) is 0 Å². The SMILES string of the molecule is O=C(O)C=CC12CC3CC(C1)CC(C=CC(=O)O)(C3)C2(C=CC(=O)O)C=CC(=O)O. The molecule has 0 heterocycles. The third-order valence-corrected chi connectivity index (χ3v) is 6.99. The van der Waals surface area contributed by atoms with Crippen LogP contribution < -0.4 is 0 Å². The van der Waals surface area contributed by atoms with E-state index in [-0.39, 0.29) is 11.8 Å². The van der Waals surface area contributed by atoms with Gasteiger partial charge in [0, 0.05) is 40.5 Å². The van der Waals surface area contributed by atoms with E-state index in [2.05, 4.69) is 0 Å². The molecule has 0 spiro atoms. The van der Waals surface area contributed by atoms with Crippen LogP contribution in [0.3, 0.4) is 0 Å². The van der Waals surface area contributed by atoms with Crippen molar-refractivity contribution in [1.82, 2.24) is 0 Å². The van der Waals surface area contributed by atoms with E-state index >= 15 is 0 Å². The van der Waals surface area contributed by atoms with E-state index in [0.717, 1.165) is 30.7 Å². The van der Waals surface area contributed by atoms with Crippen molar-refractivity contribution in [1.29, 1.82) is 0 Å². The van der Waals surface area contributed by atoms with E-state index in [9.17, 15) is 39.6 Å². The van der Waals surface area contributed by atoms with Crippen molar-refractivity contribution in [2.24, 2.45) is 28.1 Å². The fourth-order valence-corrected chi connectivity index (χ4v) is 6.48. The minimum Gasteiger partial charge on any atom is -0.478 e. The van der Waals surface area contributed by atoms with Crippen molar-refractivity contribution >= 4 is 23.9 Å². The van der Waals surface area contributed by atoms with E-state index in [1.807, 2.05) is 0 Å². The Labute approximate surface area is 172 Å². The van der Waals surface area contributed by atoms with Gasteiger partial charge in [-0.25, -0.2) is 19.2 Å². The summed E-state index contributed by atoms with van der Waals surface area (Å²) < 4.78 is 0. The van der Waals surface area contributed by atoms with Crippen LogP contribution in [-0.4, -0.2) is 44.3 Å².